The smallest absolute Gasteiger partial charge is 0.407 e. The van der Waals surface area contributed by atoms with Crippen molar-refractivity contribution >= 4 is 44.3 Å². The van der Waals surface area contributed by atoms with Crippen molar-refractivity contribution in [2.24, 2.45) is 0 Å². The number of aryl methyl sites for hydroxylation is 1. The zero-order valence-corrected chi connectivity index (χ0v) is 27.4. The summed E-state index contributed by atoms with van der Waals surface area (Å²) in [5, 5.41) is 11.3. The third kappa shape index (κ3) is 7.02. The Kier molecular flexibility index (Phi) is 8.60. The third-order valence-corrected chi connectivity index (χ3v) is 11.5. The molecule has 6 rings (SSSR count). The molecule has 1 amide bonds. The van der Waals surface area contributed by atoms with Crippen molar-refractivity contribution in [3.63, 3.8) is 0 Å². The second kappa shape index (κ2) is 12.3. The third-order valence-electron chi connectivity index (χ3n) is 8.06. The Bertz CT molecular complexity index is 1660. The predicted octanol–water partition coefficient (Wildman–Crippen LogP) is 7.15. The fourth-order valence-electron chi connectivity index (χ4n) is 5.69. The summed E-state index contributed by atoms with van der Waals surface area (Å²) in [7, 11) is -3.51. The number of anilines is 2. The molecule has 1 aromatic carbocycles. The van der Waals surface area contributed by atoms with Gasteiger partial charge < -0.3 is 20.1 Å². The van der Waals surface area contributed by atoms with E-state index in [1.807, 2.05) is 56.8 Å². The number of hydrogen-bond acceptors (Lipinski definition) is 9. The van der Waals surface area contributed by atoms with Crippen LogP contribution in [0.15, 0.2) is 41.4 Å². The summed E-state index contributed by atoms with van der Waals surface area (Å²) >= 11 is 1.50. The van der Waals surface area contributed by atoms with E-state index in [1.165, 1.54) is 11.3 Å². The zero-order chi connectivity index (χ0) is 31.1. The summed E-state index contributed by atoms with van der Waals surface area (Å²) in [6, 6.07) is 7.44. The van der Waals surface area contributed by atoms with Gasteiger partial charge in [0, 0.05) is 41.9 Å². The van der Waals surface area contributed by atoms with Gasteiger partial charge in [-0.3, -0.25) is 0 Å². The number of aromatic nitrogens is 3. The monoisotopic (exact) mass is 639 g/mol. The zero-order valence-electron chi connectivity index (χ0n) is 25.8. The highest BCUT2D eigenvalue weighted by Crippen LogP contribution is 2.42. The van der Waals surface area contributed by atoms with Crippen molar-refractivity contribution < 1.29 is 22.7 Å². The Morgan fingerprint density at radius 2 is 1.95 bits per heavy atom. The van der Waals surface area contributed by atoms with Gasteiger partial charge in [0.2, 0.25) is 0 Å². The Morgan fingerprint density at radius 1 is 1.14 bits per heavy atom. The van der Waals surface area contributed by atoms with Crippen LogP contribution in [0, 0.1) is 6.92 Å². The van der Waals surface area contributed by atoms with Gasteiger partial charge in [0.25, 0.3) is 0 Å². The Hall–Kier alpha value is -3.22. The van der Waals surface area contributed by atoms with Crippen LogP contribution in [-0.2, 0) is 19.3 Å². The first-order chi connectivity index (χ1) is 21.0. The molecule has 0 bridgehead atoms. The van der Waals surface area contributed by atoms with Crippen molar-refractivity contribution in [2.45, 2.75) is 107 Å². The fraction of sp³-hybridized carbons (Fsp3) is 0.531. The van der Waals surface area contributed by atoms with Crippen LogP contribution in [0.5, 0.6) is 0 Å². The molecule has 1 saturated heterocycles. The molecule has 1 aliphatic heterocycles. The maximum atomic E-state index is 13.6. The largest absolute Gasteiger partial charge is 0.444 e. The number of benzene rings is 1. The summed E-state index contributed by atoms with van der Waals surface area (Å²) < 4.78 is 40.5. The van der Waals surface area contributed by atoms with E-state index < -0.39 is 21.5 Å². The van der Waals surface area contributed by atoms with E-state index >= 15 is 0 Å². The second-order valence-corrected chi connectivity index (χ2v) is 16.1. The first-order valence-electron chi connectivity index (χ1n) is 15.4. The summed E-state index contributed by atoms with van der Waals surface area (Å²) in [4.78, 5) is 18.2. The van der Waals surface area contributed by atoms with Gasteiger partial charge in [-0.05, 0) is 103 Å². The van der Waals surface area contributed by atoms with Crippen LogP contribution >= 0.6 is 11.3 Å². The van der Waals surface area contributed by atoms with Gasteiger partial charge in [-0.2, -0.15) is 5.10 Å². The van der Waals surface area contributed by atoms with Crippen LogP contribution in [0.2, 0.25) is 0 Å². The molecular weight excluding hydrogens is 599 g/mol. The number of carbonyl (C=O) groups is 1. The number of alkyl carbamates (subject to hydrolysis) is 1. The number of rotatable bonds is 8. The molecule has 0 spiro atoms. The van der Waals surface area contributed by atoms with Crippen LogP contribution < -0.4 is 10.6 Å². The highest BCUT2D eigenvalue weighted by atomic mass is 32.2. The fourth-order valence-corrected chi connectivity index (χ4v) is 8.65. The Morgan fingerprint density at radius 3 is 2.64 bits per heavy atom. The van der Waals surface area contributed by atoms with Crippen molar-refractivity contribution in [3.8, 4) is 10.6 Å². The molecular formula is C32H41N5O5S2. The van der Waals surface area contributed by atoms with Crippen molar-refractivity contribution in [1.29, 1.82) is 0 Å². The van der Waals surface area contributed by atoms with E-state index in [2.05, 4.69) is 21.7 Å². The number of ether oxygens (including phenoxy) is 2. The second-order valence-electron chi connectivity index (χ2n) is 12.9. The molecule has 3 aliphatic rings. The predicted molar refractivity (Wildman–Crippen MR) is 172 cm³/mol. The molecule has 2 atom stereocenters. The van der Waals surface area contributed by atoms with E-state index in [4.69, 9.17) is 14.6 Å². The van der Waals surface area contributed by atoms with E-state index in [0.29, 0.717) is 46.2 Å². The molecule has 1 saturated carbocycles. The molecule has 2 aromatic heterocycles. The van der Waals surface area contributed by atoms with E-state index in [-0.39, 0.29) is 17.5 Å². The van der Waals surface area contributed by atoms with Crippen LogP contribution in [-0.4, -0.2) is 52.8 Å². The lowest BCUT2D eigenvalue weighted by Crippen LogP contribution is -2.39. The van der Waals surface area contributed by atoms with Gasteiger partial charge in [-0.15, -0.1) is 11.3 Å². The average Bonchev–Trinajstić information content (AvgIpc) is 3.63. The Labute approximate surface area is 263 Å². The first-order valence-corrected chi connectivity index (χ1v) is 17.8. The molecule has 236 valence electrons. The lowest BCUT2D eigenvalue weighted by molar-refractivity contribution is -0.0404. The maximum Gasteiger partial charge on any atom is 0.407 e. The van der Waals surface area contributed by atoms with Crippen molar-refractivity contribution in [1.82, 2.24) is 20.1 Å². The summed E-state index contributed by atoms with van der Waals surface area (Å²) in [5.41, 5.74) is 2.90. The van der Waals surface area contributed by atoms with Crippen molar-refractivity contribution in [2.75, 3.05) is 11.9 Å². The number of hydrogen-bond donors (Lipinski definition) is 2. The Balaban J connectivity index is 1.21. The number of allylic oxidation sites excluding steroid dienone is 1. The number of sulfone groups is 1. The molecule has 2 aliphatic carbocycles. The van der Waals surface area contributed by atoms with Crippen LogP contribution in [0.1, 0.15) is 88.9 Å². The molecule has 10 nitrogen and oxygen atoms in total. The highest BCUT2D eigenvalue weighted by Gasteiger charge is 2.39. The number of nitrogens with one attached hydrogen (secondary N) is 2. The van der Waals surface area contributed by atoms with Gasteiger partial charge in [-0.25, -0.2) is 22.9 Å². The van der Waals surface area contributed by atoms with E-state index in [0.717, 1.165) is 54.9 Å². The SMILES string of the molecule is Cc1cc(Nc2ccc(-c3ncc(C4=CCC(NC(=O)OC(C)(C)C)CC4)s3)c(S(=O)(=O)C3CC3)c2)nn1C1CCCCO1. The minimum absolute atomic E-state index is 0.0155. The summed E-state index contributed by atoms with van der Waals surface area (Å²) in [5.74, 6) is 0.652. The minimum atomic E-state index is -3.51. The molecule has 44 heavy (non-hydrogen) atoms. The summed E-state index contributed by atoms with van der Waals surface area (Å²) in [6.45, 7) is 8.28. The quantitative estimate of drug-likeness (QED) is 0.266. The molecule has 2 unspecified atom stereocenters. The molecule has 0 radical (unpaired) electrons. The summed E-state index contributed by atoms with van der Waals surface area (Å²) in [6.07, 6.45) is 10.2. The normalized spacial score (nSPS) is 21.0. The van der Waals surface area contributed by atoms with Crippen LogP contribution in [0.3, 0.4) is 0 Å². The van der Waals surface area contributed by atoms with E-state index in [1.54, 1.807) is 6.07 Å². The number of carbonyl (C=O) groups excluding carboxylic acids is 1. The standard InChI is InChI=1S/C32H41N5O5S2/c1-20-17-28(36-37(20)29-7-5-6-16-41-29)34-23-12-15-25(27(18-23)44(39,40)24-13-14-24)30-33-19-26(43-30)21-8-10-22(11-9-21)35-31(38)42-32(2,3)4/h8,12,15,17-19,22,24,29H,5-7,9-11,13-14,16H2,1-4H3,(H,34,36)(H,35,38). The molecule has 3 aromatic rings. The number of amides is 1. The van der Waals surface area contributed by atoms with Gasteiger partial charge in [-0.1, -0.05) is 6.08 Å². The van der Waals surface area contributed by atoms with E-state index in [9.17, 15) is 13.2 Å². The molecule has 3 heterocycles. The van der Waals surface area contributed by atoms with Gasteiger partial charge >= 0.3 is 6.09 Å². The van der Waals surface area contributed by atoms with Gasteiger partial charge in [0.05, 0.1) is 15.0 Å². The van der Waals surface area contributed by atoms with Crippen LogP contribution in [0.25, 0.3) is 16.1 Å². The topological polar surface area (TPSA) is 124 Å². The lowest BCUT2D eigenvalue weighted by Gasteiger charge is -2.25. The van der Waals surface area contributed by atoms with Crippen LogP contribution in [0.4, 0.5) is 16.3 Å². The number of thiazole rings is 1. The lowest BCUT2D eigenvalue weighted by atomic mass is 9.95. The maximum absolute atomic E-state index is 13.6. The van der Waals surface area contributed by atoms with Gasteiger partial charge in [0.15, 0.2) is 21.9 Å². The van der Waals surface area contributed by atoms with Crippen molar-refractivity contribution in [3.05, 3.63) is 47.1 Å². The molecule has 2 N–H and O–H groups in total. The van der Waals surface area contributed by atoms with Gasteiger partial charge in [0.1, 0.15) is 10.6 Å². The highest BCUT2D eigenvalue weighted by molar-refractivity contribution is 7.92. The molecule has 12 heteroatoms. The molecule has 2 fully saturated rings. The minimum Gasteiger partial charge on any atom is -0.444 e. The first kappa shape index (κ1) is 30.8. The number of nitrogens with zero attached hydrogens (tertiary/aromatic N) is 3. The average molecular weight is 640 g/mol.